The SMILES string of the molecule is COc1cc(/C=C(\C#N)C(N)=C(C#N)C#N)cc(OC)c1OC. The fourth-order valence-electron chi connectivity index (χ4n) is 1.80. The number of methoxy groups -OCH3 is 3. The van der Waals surface area contributed by atoms with E-state index in [1.807, 2.05) is 6.07 Å². The number of nitrogens with two attached hydrogens (primary N) is 1. The molecule has 0 bridgehead atoms. The second kappa shape index (κ2) is 7.97. The highest BCUT2D eigenvalue weighted by atomic mass is 16.5. The van der Waals surface area contributed by atoms with Crippen LogP contribution in [0.15, 0.2) is 29.0 Å². The lowest BCUT2D eigenvalue weighted by Crippen LogP contribution is -2.03. The molecule has 0 amide bonds. The Balaban J connectivity index is 3.53. The van der Waals surface area contributed by atoms with Crippen molar-refractivity contribution < 1.29 is 14.2 Å². The molecule has 0 aliphatic rings. The molecule has 1 aromatic carbocycles. The molecule has 7 nitrogen and oxygen atoms in total. The van der Waals surface area contributed by atoms with Gasteiger partial charge in [0.1, 0.15) is 18.2 Å². The molecule has 0 aromatic heterocycles. The first kappa shape index (κ1) is 17.4. The van der Waals surface area contributed by atoms with Crippen LogP contribution >= 0.6 is 0 Å². The molecule has 1 aromatic rings. The Hall–Kier alpha value is -3.63. The number of nitrogens with zero attached hydrogens (tertiary/aromatic N) is 3. The van der Waals surface area contributed by atoms with Gasteiger partial charge in [0.05, 0.1) is 32.6 Å². The first-order valence-electron chi connectivity index (χ1n) is 6.28. The van der Waals surface area contributed by atoms with Gasteiger partial charge >= 0.3 is 0 Å². The van der Waals surface area contributed by atoms with Crippen LogP contribution < -0.4 is 19.9 Å². The number of rotatable bonds is 5. The van der Waals surface area contributed by atoms with Crippen molar-refractivity contribution in [3.8, 4) is 35.5 Å². The van der Waals surface area contributed by atoms with Gasteiger partial charge in [-0.05, 0) is 23.8 Å². The Kier molecular flexibility index (Phi) is 6.04. The summed E-state index contributed by atoms with van der Waals surface area (Å²) < 4.78 is 15.6. The van der Waals surface area contributed by atoms with Crippen molar-refractivity contribution in [3.05, 3.63) is 34.5 Å². The summed E-state index contributed by atoms with van der Waals surface area (Å²) >= 11 is 0. The normalized spacial score (nSPS) is 9.83. The van der Waals surface area contributed by atoms with Gasteiger partial charge in [-0.15, -0.1) is 0 Å². The third kappa shape index (κ3) is 3.72. The number of hydrogen-bond donors (Lipinski definition) is 1. The van der Waals surface area contributed by atoms with Crippen LogP contribution in [-0.4, -0.2) is 21.3 Å². The summed E-state index contributed by atoms with van der Waals surface area (Å²) in [5.74, 6) is 1.21. The lowest BCUT2D eigenvalue weighted by molar-refractivity contribution is 0.324. The minimum atomic E-state index is -0.328. The van der Waals surface area contributed by atoms with E-state index in [0.717, 1.165) is 0 Å². The Morgan fingerprint density at radius 2 is 1.48 bits per heavy atom. The van der Waals surface area contributed by atoms with E-state index in [9.17, 15) is 5.26 Å². The lowest BCUT2D eigenvalue weighted by Gasteiger charge is -2.13. The molecule has 116 valence electrons. The van der Waals surface area contributed by atoms with Crippen molar-refractivity contribution in [1.29, 1.82) is 15.8 Å². The molecule has 2 N–H and O–H groups in total. The fourth-order valence-corrected chi connectivity index (χ4v) is 1.80. The summed E-state index contributed by atoms with van der Waals surface area (Å²) in [6.45, 7) is 0. The van der Waals surface area contributed by atoms with Gasteiger partial charge in [0.25, 0.3) is 0 Å². The topological polar surface area (TPSA) is 125 Å². The molecule has 7 heteroatoms. The second-order valence-electron chi connectivity index (χ2n) is 4.14. The molecule has 0 heterocycles. The van der Waals surface area contributed by atoms with Gasteiger partial charge in [-0.25, -0.2) is 0 Å². The summed E-state index contributed by atoms with van der Waals surface area (Å²) in [5.41, 5.74) is 5.70. The van der Waals surface area contributed by atoms with E-state index in [-0.39, 0.29) is 16.8 Å². The van der Waals surface area contributed by atoms with Crippen LogP contribution in [0.3, 0.4) is 0 Å². The van der Waals surface area contributed by atoms with Crippen molar-refractivity contribution in [2.24, 2.45) is 5.73 Å². The molecular weight excluding hydrogens is 296 g/mol. The van der Waals surface area contributed by atoms with Crippen molar-refractivity contribution in [2.75, 3.05) is 21.3 Å². The number of ether oxygens (including phenoxy) is 3. The average Bonchev–Trinajstić information content (AvgIpc) is 2.59. The maximum Gasteiger partial charge on any atom is 0.203 e. The number of benzene rings is 1. The molecule has 0 aliphatic carbocycles. The van der Waals surface area contributed by atoms with Crippen molar-refractivity contribution in [3.63, 3.8) is 0 Å². The molecule has 0 saturated heterocycles. The quantitative estimate of drug-likeness (QED) is 0.650. The highest BCUT2D eigenvalue weighted by Gasteiger charge is 2.14. The van der Waals surface area contributed by atoms with E-state index in [1.165, 1.54) is 27.4 Å². The van der Waals surface area contributed by atoms with Crippen molar-refractivity contribution in [2.45, 2.75) is 0 Å². The van der Waals surface area contributed by atoms with E-state index in [2.05, 4.69) is 0 Å². The van der Waals surface area contributed by atoms with Gasteiger partial charge in [-0.2, -0.15) is 15.8 Å². The summed E-state index contributed by atoms with van der Waals surface area (Å²) in [7, 11) is 4.41. The molecule has 0 unspecified atom stereocenters. The van der Waals surface area contributed by atoms with E-state index < -0.39 is 0 Å². The predicted molar refractivity (Wildman–Crippen MR) is 82.1 cm³/mol. The molecule has 23 heavy (non-hydrogen) atoms. The van der Waals surface area contributed by atoms with Gasteiger partial charge in [0.15, 0.2) is 17.1 Å². The van der Waals surface area contributed by atoms with Crippen LogP contribution in [0.5, 0.6) is 17.2 Å². The van der Waals surface area contributed by atoms with E-state index in [0.29, 0.717) is 22.8 Å². The van der Waals surface area contributed by atoms with Crippen LogP contribution in [0.4, 0.5) is 0 Å². The van der Waals surface area contributed by atoms with Crippen LogP contribution in [0.25, 0.3) is 6.08 Å². The zero-order valence-corrected chi connectivity index (χ0v) is 12.9. The summed E-state index contributed by atoms with van der Waals surface area (Å²) in [6.07, 6.45) is 1.43. The zero-order chi connectivity index (χ0) is 17.4. The standard InChI is InChI=1S/C16H14N4O3/c1-21-13-5-10(6-14(22-2)16(13)23-3)4-11(7-17)15(20)12(8-18)9-19/h4-6H,20H2,1-3H3/b11-4+. The molecule has 0 fully saturated rings. The molecule has 0 atom stereocenters. The van der Waals surface area contributed by atoms with E-state index in [4.69, 9.17) is 30.5 Å². The first-order chi connectivity index (χ1) is 11.1. The molecule has 1 rings (SSSR count). The molecule has 0 radical (unpaired) electrons. The van der Waals surface area contributed by atoms with Gasteiger partial charge in [0.2, 0.25) is 5.75 Å². The van der Waals surface area contributed by atoms with E-state index in [1.54, 1.807) is 24.3 Å². The molecule has 0 spiro atoms. The smallest absolute Gasteiger partial charge is 0.203 e. The Bertz CT molecular complexity index is 748. The van der Waals surface area contributed by atoms with Gasteiger partial charge in [-0.3, -0.25) is 0 Å². The maximum absolute atomic E-state index is 9.21. The monoisotopic (exact) mass is 310 g/mol. The minimum Gasteiger partial charge on any atom is -0.493 e. The fraction of sp³-hybridized carbons (Fsp3) is 0.188. The Morgan fingerprint density at radius 3 is 1.83 bits per heavy atom. The van der Waals surface area contributed by atoms with Crippen molar-refractivity contribution in [1.82, 2.24) is 0 Å². The van der Waals surface area contributed by atoms with Crippen LogP contribution in [0.2, 0.25) is 0 Å². The number of hydrogen-bond acceptors (Lipinski definition) is 7. The summed E-state index contributed by atoms with van der Waals surface area (Å²) in [6, 6.07) is 8.39. The predicted octanol–water partition coefficient (Wildman–Crippen LogP) is 1.88. The highest BCUT2D eigenvalue weighted by Crippen LogP contribution is 2.38. The zero-order valence-electron chi connectivity index (χ0n) is 12.9. The van der Waals surface area contributed by atoms with E-state index >= 15 is 0 Å². The van der Waals surface area contributed by atoms with Crippen LogP contribution in [0.1, 0.15) is 5.56 Å². The maximum atomic E-state index is 9.21. The van der Waals surface area contributed by atoms with Crippen molar-refractivity contribution >= 4 is 6.08 Å². The third-order valence-electron chi connectivity index (χ3n) is 2.90. The summed E-state index contributed by atoms with van der Waals surface area (Å²) in [4.78, 5) is 0. The minimum absolute atomic E-state index is 0.0163. The first-order valence-corrected chi connectivity index (χ1v) is 6.28. The third-order valence-corrected chi connectivity index (χ3v) is 2.90. The number of allylic oxidation sites excluding steroid dienone is 2. The van der Waals surface area contributed by atoms with Crippen LogP contribution in [0, 0.1) is 34.0 Å². The van der Waals surface area contributed by atoms with Crippen LogP contribution in [-0.2, 0) is 0 Å². The largest absolute Gasteiger partial charge is 0.493 e. The second-order valence-corrected chi connectivity index (χ2v) is 4.14. The average molecular weight is 310 g/mol. The molecule has 0 saturated carbocycles. The Morgan fingerprint density at radius 1 is 0.957 bits per heavy atom. The highest BCUT2D eigenvalue weighted by molar-refractivity contribution is 5.69. The van der Waals surface area contributed by atoms with Gasteiger partial charge in [0, 0.05) is 0 Å². The molecular formula is C16H14N4O3. The Labute approximate surface area is 134 Å². The number of nitriles is 3. The van der Waals surface area contributed by atoms with Gasteiger partial charge in [-0.1, -0.05) is 0 Å². The van der Waals surface area contributed by atoms with Gasteiger partial charge < -0.3 is 19.9 Å². The summed E-state index contributed by atoms with van der Waals surface area (Å²) in [5, 5.41) is 26.9. The molecule has 0 aliphatic heterocycles. The lowest BCUT2D eigenvalue weighted by atomic mass is 10.1.